The highest BCUT2D eigenvalue weighted by molar-refractivity contribution is 5.92. The Labute approximate surface area is 135 Å². The molecular formula is C17H21N3O3. The molecule has 6 nitrogen and oxygen atoms in total. The van der Waals surface area contributed by atoms with Crippen molar-refractivity contribution in [3.05, 3.63) is 64.1 Å². The molecule has 1 aromatic heterocycles. The number of rotatable bonds is 7. The number of benzene rings is 1. The van der Waals surface area contributed by atoms with E-state index in [0.717, 1.165) is 12.0 Å². The summed E-state index contributed by atoms with van der Waals surface area (Å²) in [5.74, 6) is -0.298. The van der Waals surface area contributed by atoms with Crippen LogP contribution in [0.5, 0.6) is 0 Å². The molecule has 23 heavy (non-hydrogen) atoms. The van der Waals surface area contributed by atoms with Gasteiger partial charge in [0.05, 0.1) is 6.61 Å². The predicted octanol–water partition coefficient (Wildman–Crippen LogP) is 1.29. The Morgan fingerprint density at radius 2 is 1.96 bits per heavy atom. The summed E-state index contributed by atoms with van der Waals surface area (Å²) in [6, 6.07) is 12.3. The lowest BCUT2D eigenvalue weighted by Crippen LogP contribution is -2.35. The molecule has 0 aliphatic carbocycles. The Hall–Kier alpha value is -2.47. The van der Waals surface area contributed by atoms with E-state index in [2.05, 4.69) is 5.10 Å². The van der Waals surface area contributed by atoms with Crippen LogP contribution in [0.25, 0.3) is 0 Å². The topological polar surface area (TPSA) is 75.4 Å². The molecule has 1 N–H and O–H groups in total. The second kappa shape index (κ2) is 8.24. The number of aliphatic hydroxyl groups is 1. The number of carbonyl (C=O) groups is 1. The van der Waals surface area contributed by atoms with Crippen LogP contribution in [-0.4, -0.2) is 38.8 Å². The van der Waals surface area contributed by atoms with E-state index in [4.69, 9.17) is 0 Å². The molecule has 2 rings (SSSR count). The minimum atomic E-state index is -0.298. The SMILES string of the molecule is CCCn1nc(C(=O)N(CCO)Cc2ccccc2)ccc1=O. The molecule has 1 amide bonds. The Morgan fingerprint density at radius 1 is 1.22 bits per heavy atom. The fraction of sp³-hybridized carbons (Fsp3) is 0.353. The van der Waals surface area contributed by atoms with Gasteiger partial charge in [-0.15, -0.1) is 0 Å². The van der Waals surface area contributed by atoms with Crippen molar-refractivity contribution in [1.29, 1.82) is 0 Å². The number of aromatic nitrogens is 2. The number of hydrogen-bond acceptors (Lipinski definition) is 4. The zero-order chi connectivity index (χ0) is 16.7. The van der Waals surface area contributed by atoms with Crippen LogP contribution in [-0.2, 0) is 13.1 Å². The van der Waals surface area contributed by atoms with Gasteiger partial charge in [-0.05, 0) is 18.1 Å². The Kier molecular flexibility index (Phi) is 6.05. The molecule has 0 saturated carbocycles. The lowest BCUT2D eigenvalue weighted by molar-refractivity contribution is 0.0699. The fourth-order valence-corrected chi connectivity index (χ4v) is 2.27. The van der Waals surface area contributed by atoms with Crippen molar-refractivity contribution in [2.45, 2.75) is 26.4 Å². The van der Waals surface area contributed by atoms with Gasteiger partial charge in [0.25, 0.3) is 11.5 Å². The van der Waals surface area contributed by atoms with E-state index in [1.165, 1.54) is 21.7 Å². The molecule has 6 heteroatoms. The Morgan fingerprint density at radius 3 is 2.61 bits per heavy atom. The summed E-state index contributed by atoms with van der Waals surface area (Å²) in [6.45, 7) is 2.87. The maximum Gasteiger partial charge on any atom is 0.274 e. The quantitative estimate of drug-likeness (QED) is 0.835. The van der Waals surface area contributed by atoms with Gasteiger partial charge in [-0.2, -0.15) is 5.10 Å². The van der Waals surface area contributed by atoms with E-state index in [1.54, 1.807) is 0 Å². The lowest BCUT2D eigenvalue weighted by atomic mass is 10.2. The van der Waals surface area contributed by atoms with E-state index in [-0.39, 0.29) is 30.3 Å². The summed E-state index contributed by atoms with van der Waals surface area (Å²) in [4.78, 5) is 25.9. The molecule has 122 valence electrons. The number of aliphatic hydroxyl groups excluding tert-OH is 1. The molecule has 0 bridgehead atoms. The van der Waals surface area contributed by atoms with Crippen LogP contribution >= 0.6 is 0 Å². The lowest BCUT2D eigenvalue weighted by Gasteiger charge is -2.21. The third-order valence-electron chi connectivity index (χ3n) is 3.39. The van der Waals surface area contributed by atoms with Gasteiger partial charge in [0.2, 0.25) is 0 Å². The number of nitrogens with zero attached hydrogens (tertiary/aromatic N) is 3. The molecule has 2 aromatic rings. The highest BCUT2D eigenvalue weighted by Crippen LogP contribution is 2.08. The van der Waals surface area contributed by atoms with Crippen LogP contribution in [0, 0.1) is 0 Å². The number of carbonyl (C=O) groups excluding carboxylic acids is 1. The van der Waals surface area contributed by atoms with Gasteiger partial charge in [0, 0.05) is 25.7 Å². The molecule has 0 atom stereocenters. The first-order valence-corrected chi connectivity index (χ1v) is 7.68. The summed E-state index contributed by atoms with van der Waals surface area (Å²) in [6.07, 6.45) is 0.759. The summed E-state index contributed by atoms with van der Waals surface area (Å²) >= 11 is 0. The van der Waals surface area contributed by atoms with Crippen LogP contribution in [0.2, 0.25) is 0 Å². The summed E-state index contributed by atoms with van der Waals surface area (Å²) in [5.41, 5.74) is 0.957. The molecule has 0 aliphatic heterocycles. The zero-order valence-electron chi connectivity index (χ0n) is 13.2. The average Bonchev–Trinajstić information content (AvgIpc) is 2.57. The molecule has 1 aromatic carbocycles. The van der Waals surface area contributed by atoms with Gasteiger partial charge in [-0.1, -0.05) is 37.3 Å². The van der Waals surface area contributed by atoms with Gasteiger partial charge < -0.3 is 10.0 Å². The smallest absolute Gasteiger partial charge is 0.274 e. The average molecular weight is 315 g/mol. The summed E-state index contributed by atoms with van der Waals surface area (Å²) < 4.78 is 1.30. The van der Waals surface area contributed by atoms with Gasteiger partial charge in [-0.25, -0.2) is 4.68 Å². The minimum absolute atomic E-state index is 0.132. The number of aryl methyl sites for hydroxylation is 1. The molecular weight excluding hydrogens is 294 g/mol. The molecule has 0 radical (unpaired) electrons. The van der Waals surface area contributed by atoms with Crippen LogP contribution in [0.15, 0.2) is 47.3 Å². The molecule has 0 spiro atoms. The number of amides is 1. The molecule has 0 saturated heterocycles. The summed E-state index contributed by atoms with van der Waals surface area (Å²) in [7, 11) is 0. The first-order chi connectivity index (χ1) is 11.2. The Bertz CT molecular complexity index is 698. The molecule has 1 heterocycles. The predicted molar refractivity (Wildman–Crippen MR) is 87.1 cm³/mol. The number of hydrogen-bond donors (Lipinski definition) is 1. The van der Waals surface area contributed by atoms with Gasteiger partial charge in [-0.3, -0.25) is 9.59 Å². The third kappa shape index (κ3) is 4.50. The monoisotopic (exact) mass is 315 g/mol. The van der Waals surface area contributed by atoms with Crippen LogP contribution < -0.4 is 5.56 Å². The molecule has 0 unspecified atom stereocenters. The van der Waals surface area contributed by atoms with Crippen molar-refractivity contribution < 1.29 is 9.90 Å². The standard InChI is InChI=1S/C17H21N3O3/c1-2-10-20-16(22)9-8-15(18-20)17(23)19(11-12-21)13-14-6-4-3-5-7-14/h3-9,21H,2,10-13H2,1H3. The van der Waals surface area contributed by atoms with Crippen molar-refractivity contribution in [2.24, 2.45) is 0 Å². The normalized spacial score (nSPS) is 10.5. The van der Waals surface area contributed by atoms with Crippen LogP contribution in [0.3, 0.4) is 0 Å². The second-order valence-corrected chi connectivity index (χ2v) is 5.22. The van der Waals surface area contributed by atoms with Crippen molar-refractivity contribution in [3.63, 3.8) is 0 Å². The largest absolute Gasteiger partial charge is 0.395 e. The van der Waals surface area contributed by atoms with Crippen LogP contribution in [0.1, 0.15) is 29.4 Å². The first-order valence-electron chi connectivity index (χ1n) is 7.68. The van der Waals surface area contributed by atoms with E-state index >= 15 is 0 Å². The molecule has 0 aliphatic rings. The maximum absolute atomic E-state index is 12.6. The second-order valence-electron chi connectivity index (χ2n) is 5.22. The van der Waals surface area contributed by atoms with Crippen molar-refractivity contribution >= 4 is 5.91 Å². The van der Waals surface area contributed by atoms with E-state index in [1.807, 2.05) is 37.3 Å². The van der Waals surface area contributed by atoms with E-state index in [0.29, 0.717) is 13.1 Å². The van der Waals surface area contributed by atoms with Crippen molar-refractivity contribution in [2.75, 3.05) is 13.2 Å². The third-order valence-corrected chi connectivity index (χ3v) is 3.39. The highest BCUT2D eigenvalue weighted by Gasteiger charge is 2.18. The maximum atomic E-state index is 12.6. The van der Waals surface area contributed by atoms with Crippen molar-refractivity contribution in [3.8, 4) is 0 Å². The van der Waals surface area contributed by atoms with Crippen LogP contribution in [0.4, 0.5) is 0 Å². The molecule has 0 fully saturated rings. The van der Waals surface area contributed by atoms with E-state index in [9.17, 15) is 14.7 Å². The van der Waals surface area contributed by atoms with Crippen molar-refractivity contribution in [1.82, 2.24) is 14.7 Å². The Balaban J connectivity index is 2.23. The minimum Gasteiger partial charge on any atom is -0.395 e. The first kappa shape index (κ1) is 16.9. The zero-order valence-corrected chi connectivity index (χ0v) is 13.2. The highest BCUT2D eigenvalue weighted by atomic mass is 16.3. The van der Waals surface area contributed by atoms with Gasteiger partial charge in [0.15, 0.2) is 0 Å². The fourth-order valence-electron chi connectivity index (χ4n) is 2.27. The summed E-state index contributed by atoms with van der Waals surface area (Å²) in [5, 5.41) is 13.4. The van der Waals surface area contributed by atoms with E-state index < -0.39 is 0 Å². The van der Waals surface area contributed by atoms with Gasteiger partial charge in [0.1, 0.15) is 5.69 Å². The van der Waals surface area contributed by atoms with Gasteiger partial charge >= 0.3 is 0 Å².